The van der Waals surface area contributed by atoms with Crippen molar-refractivity contribution in [2.75, 3.05) is 19.7 Å². The third kappa shape index (κ3) is 2.85. The Kier molecular flexibility index (Phi) is 4.12. The van der Waals surface area contributed by atoms with Crippen molar-refractivity contribution < 1.29 is 4.74 Å². The van der Waals surface area contributed by atoms with Gasteiger partial charge in [0.15, 0.2) is 0 Å². The zero-order chi connectivity index (χ0) is 10.4. The Labute approximate surface area is 82.7 Å². The summed E-state index contributed by atoms with van der Waals surface area (Å²) in [5, 5.41) is 3.09. The van der Waals surface area contributed by atoms with Crippen LogP contribution in [0.15, 0.2) is 17.2 Å². The summed E-state index contributed by atoms with van der Waals surface area (Å²) in [7, 11) is 1.67. The van der Waals surface area contributed by atoms with Crippen molar-refractivity contribution in [3.05, 3.63) is 22.7 Å². The van der Waals surface area contributed by atoms with E-state index in [1.54, 1.807) is 19.4 Å². The third-order valence-electron chi connectivity index (χ3n) is 1.75. The van der Waals surface area contributed by atoms with Gasteiger partial charge in [0.2, 0.25) is 0 Å². The molecule has 0 spiro atoms. The van der Waals surface area contributed by atoms with Gasteiger partial charge in [0.25, 0.3) is 5.88 Å². The Morgan fingerprint density at radius 1 is 1.64 bits per heavy atom. The molecule has 0 radical (unpaired) electrons. The van der Waals surface area contributed by atoms with Crippen LogP contribution in [0.25, 0.3) is 0 Å². The molecule has 0 aliphatic rings. The summed E-state index contributed by atoms with van der Waals surface area (Å²) in [5.74, 6) is 0.160. The van der Waals surface area contributed by atoms with Gasteiger partial charge in [-0.1, -0.05) is 6.92 Å². The zero-order valence-corrected chi connectivity index (χ0v) is 8.49. The van der Waals surface area contributed by atoms with E-state index in [1.165, 1.54) is 4.57 Å². The average Bonchev–Trinajstić information content (AvgIpc) is 2.19. The van der Waals surface area contributed by atoms with E-state index in [4.69, 9.17) is 4.74 Å². The first-order valence-corrected chi connectivity index (χ1v) is 4.61. The SMILES string of the molecule is CCNCCOc1nccn(C)c1=O. The van der Waals surface area contributed by atoms with Crippen molar-refractivity contribution in [2.24, 2.45) is 7.05 Å². The van der Waals surface area contributed by atoms with E-state index in [0.29, 0.717) is 6.61 Å². The molecule has 1 aromatic heterocycles. The minimum atomic E-state index is -0.205. The summed E-state index contributed by atoms with van der Waals surface area (Å²) in [4.78, 5) is 15.2. The van der Waals surface area contributed by atoms with Crippen molar-refractivity contribution in [3.63, 3.8) is 0 Å². The molecule has 1 N–H and O–H groups in total. The maximum Gasteiger partial charge on any atom is 0.313 e. The second kappa shape index (κ2) is 5.39. The highest BCUT2D eigenvalue weighted by molar-refractivity contribution is 5.03. The van der Waals surface area contributed by atoms with Crippen molar-refractivity contribution in [1.29, 1.82) is 0 Å². The summed E-state index contributed by atoms with van der Waals surface area (Å²) >= 11 is 0. The quantitative estimate of drug-likeness (QED) is 0.662. The van der Waals surface area contributed by atoms with Crippen molar-refractivity contribution in [2.45, 2.75) is 6.92 Å². The lowest BCUT2D eigenvalue weighted by atomic mass is 10.6. The molecule has 0 unspecified atom stereocenters. The van der Waals surface area contributed by atoms with Gasteiger partial charge in [-0.25, -0.2) is 4.98 Å². The molecule has 0 aliphatic heterocycles. The number of aryl methyl sites for hydroxylation is 1. The van der Waals surface area contributed by atoms with Crippen LogP contribution in [0.5, 0.6) is 5.88 Å². The first-order valence-electron chi connectivity index (χ1n) is 4.61. The lowest BCUT2D eigenvalue weighted by Crippen LogP contribution is -2.25. The van der Waals surface area contributed by atoms with Crippen molar-refractivity contribution in [1.82, 2.24) is 14.9 Å². The van der Waals surface area contributed by atoms with Crippen LogP contribution in [0.4, 0.5) is 0 Å². The minimum absolute atomic E-state index is 0.160. The Balaban J connectivity index is 2.51. The van der Waals surface area contributed by atoms with E-state index in [-0.39, 0.29) is 11.4 Å². The molecule has 0 bridgehead atoms. The van der Waals surface area contributed by atoms with Gasteiger partial charge in [-0.15, -0.1) is 0 Å². The first kappa shape index (κ1) is 10.7. The van der Waals surface area contributed by atoms with Gasteiger partial charge < -0.3 is 14.6 Å². The minimum Gasteiger partial charge on any atom is -0.472 e. The van der Waals surface area contributed by atoms with Gasteiger partial charge in [-0.05, 0) is 6.54 Å². The molecule has 14 heavy (non-hydrogen) atoms. The van der Waals surface area contributed by atoms with E-state index in [1.807, 2.05) is 6.92 Å². The zero-order valence-electron chi connectivity index (χ0n) is 8.49. The lowest BCUT2D eigenvalue weighted by molar-refractivity contribution is 0.297. The summed E-state index contributed by atoms with van der Waals surface area (Å²) in [6.07, 6.45) is 3.14. The van der Waals surface area contributed by atoms with Gasteiger partial charge in [0.05, 0.1) is 0 Å². The smallest absolute Gasteiger partial charge is 0.313 e. The molecule has 1 aromatic rings. The van der Waals surface area contributed by atoms with Crippen LogP contribution in [0, 0.1) is 0 Å². The van der Waals surface area contributed by atoms with Gasteiger partial charge in [-0.3, -0.25) is 4.79 Å². The number of aromatic nitrogens is 2. The predicted molar refractivity (Wildman–Crippen MR) is 53.5 cm³/mol. The molecular weight excluding hydrogens is 182 g/mol. The van der Waals surface area contributed by atoms with E-state index in [2.05, 4.69) is 10.3 Å². The molecule has 5 nitrogen and oxygen atoms in total. The fourth-order valence-corrected chi connectivity index (χ4v) is 0.970. The van der Waals surface area contributed by atoms with E-state index < -0.39 is 0 Å². The number of hydrogen-bond donors (Lipinski definition) is 1. The molecule has 1 rings (SSSR count). The molecule has 0 saturated heterocycles. The normalized spacial score (nSPS) is 10.1. The van der Waals surface area contributed by atoms with E-state index in [0.717, 1.165) is 13.1 Å². The molecule has 0 amide bonds. The predicted octanol–water partition coefficient (Wildman–Crippen LogP) is -0.231. The van der Waals surface area contributed by atoms with Crippen LogP contribution in [0.2, 0.25) is 0 Å². The Bertz CT molecular complexity index is 335. The number of nitrogens with one attached hydrogen (secondary N) is 1. The van der Waals surface area contributed by atoms with Crippen LogP contribution >= 0.6 is 0 Å². The topological polar surface area (TPSA) is 56.1 Å². The molecule has 0 fully saturated rings. The van der Waals surface area contributed by atoms with E-state index >= 15 is 0 Å². The van der Waals surface area contributed by atoms with Gasteiger partial charge in [-0.2, -0.15) is 0 Å². The highest BCUT2D eigenvalue weighted by atomic mass is 16.5. The summed E-state index contributed by atoms with van der Waals surface area (Å²) < 4.78 is 6.65. The molecule has 0 atom stereocenters. The fraction of sp³-hybridized carbons (Fsp3) is 0.556. The number of hydrogen-bond acceptors (Lipinski definition) is 4. The van der Waals surface area contributed by atoms with Gasteiger partial charge in [0.1, 0.15) is 6.61 Å². The van der Waals surface area contributed by atoms with Crippen LogP contribution in [-0.2, 0) is 7.05 Å². The second-order valence-corrected chi connectivity index (χ2v) is 2.85. The number of ether oxygens (including phenoxy) is 1. The van der Waals surface area contributed by atoms with Crippen molar-refractivity contribution in [3.8, 4) is 5.88 Å². The number of likely N-dealkylation sites (N-methyl/N-ethyl adjacent to an activating group) is 1. The Morgan fingerprint density at radius 2 is 2.43 bits per heavy atom. The standard InChI is InChI=1S/C9H15N3O2/c1-3-10-5-7-14-8-9(13)12(2)6-4-11-8/h4,6,10H,3,5,7H2,1-2H3. The summed E-state index contributed by atoms with van der Waals surface area (Å²) in [5.41, 5.74) is -0.205. The molecular formula is C9H15N3O2. The Hall–Kier alpha value is -1.36. The third-order valence-corrected chi connectivity index (χ3v) is 1.75. The van der Waals surface area contributed by atoms with Gasteiger partial charge >= 0.3 is 5.56 Å². The highest BCUT2D eigenvalue weighted by Crippen LogP contribution is 1.93. The maximum absolute atomic E-state index is 11.4. The average molecular weight is 197 g/mol. The monoisotopic (exact) mass is 197 g/mol. The Morgan fingerprint density at radius 3 is 3.14 bits per heavy atom. The molecule has 0 aromatic carbocycles. The highest BCUT2D eigenvalue weighted by Gasteiger charge is 2.02. The van der Waals surface area contributed by atoms with Crippen LogP contribution < -0.4 is 15.6 Å². The largest absolute Gasteiger partial charge is 0.472 e. The lowest BCUT2D eigenvalue weighted by Gasteiger charge is -2.05. The maximum atomic E-state index is 11.4. The first-order chi connectivity index (χ1) is 6.75. The molecule has 5 heteroatoms. The molecule has 0 aliphatic carbocycles. The molecule has 0 saturated carbocycles. The van der Waals surface area contributed by atoms with Crippen LogP contribution in [0.3, 0.4) is 0 Å². The van der Waals surface area contributed by atoms with Crippen LogP contribution in [-0.4, -0.2) is 29.2 Å². The van der Waals surface area contributed by atoms with Gasteiger partial charge in [0, 0.05) is 26.0 Å². The summed E-state index contributed by atoms with van der Waals surface area (Å²) in [6, 6.07) is 0. The molecule has 78 valence electrons. The second-order valence-electron chi connectivity index (χ2n) is 2.85. The van der Waals surface area contributed by atoms with Crippen LogP contribution in [0.1, 0.15) is 6.92 Å². The van der Waals surface area contributed by atoms with E-state index in [9.17, 15) is 4.79 Å². The van der Waals surface area contributed by atoms with Crippen molar-refractivity contribution >= 4 is 0 Å². The number of rotatable bonds is 5. The summed E-state index contributed by atoms with van der Waals surface area (Å²) in [6.45, 7) is 4.08. The fourth-order valence-electron chi connectivity index (χ4n) is 0.970. The molecule has 1 heterocycles. The number of nitrogens with zero attached hydrogens (tertiary/aromatic N) is 2.